The predicted molar refractivity (Wildman–Crippen MR) is 141 cm³/mol. The topological polar surface area (TPSA) is 20.5 Å². The van der Waals surface area contributed by atoms with Gasteiger partial charge in [-0.3, -0.25) is 0 Å². The molecule has 4 aromatic carbocycles. The summed E-state index contributed by atoms with van der Waals surface area (Å²) in [5.41, 5.74) is 6.66. The minimum Gasteiger partial charge on any atom is -0.497 e. The van der Waals surface area contributed by atoms with E-state index in [-0.39, 0.29) is 0 Å². The number of methoxy groups -OCH3 is 1. The first-order chi connectivity index (χ1) is 16.8. The Hall–Kier alpha value is -4.43. The number of hydrogen-bond acceptors (Lipinski definition) is 1. The summed E-state index contributed by atoms with van der Waals surface area (Å²) >= 11 is 0. The van der Waals surface area contributed by atoms with Crippen LogP contribution in [0.4, 0.5) is 0 Å². The van der Waals surface area contributed by atoms with E-state index in [4.69, 9.17) is 9.15 Å². The fourth-order valence-corrected chi connectivity index (χ4v) is 3.85. The van der Waals surface area contributed by atoms with Crippen LogP contribution in [0.3, 0.4) is 0 Å². The fourth-order valence-electron chi connectivity index (χ4n) is 3.85. The van der Waals surface area contributed by atoms with Crippen molar-refractivity contribution >= 4 is 12.2 Å². The maximum atomic E-state index is 6.32. The average Bonchev–Trinajstić information content (AvgIpc) is 2.93. The normalized spacial score (nSPS) is 11.0. The zero-order chi connectivity index (χ0) is 23.2. The molecule has 0 saturated carbocycles. The van der Waals surface area contributed by atoms with Gasteiger partial charge >= 0.3 is 11.5 Å². The Bertz CT molecular complexity index is 1330. The molecular weight excluding hydrogens is 416 g/mol. The number of rotatable bonds is 6. The van der Waals surface area contributed by atoms with Crippen LogP contribution in [-0.4, -0.2) is 7.11 Å². The van der Waals surface area contributed by atoms with Gasteiger partial charge in [-0.2, -0.15) is 0 Å². The third kappa shape index (κ3) is 4.97. The van der Waals surface area contributed by atoms with E-state index in [0.29, 0.717) is 0 Å². The van der Waals surface area contributed by atoms with Crippen molar-refractivity contribution in [3.8, 4) is 39.5 Å². The number of hydrogen-bond donors (Lipinski definition) is 0. The molecule has 2 nitrogen and oxygen atoms in total. The summed E-state index contributed by atoms with van der Waals surface area (Å²) < 4.78 is 11.5. The van der Waals surface area contributed by atoms with Gasteiger partial charge in [-0.25, -0.2) is 4.42 Å². The molecule has 0 aliphatic heterocycles. The Morgan fingerprint density at radius 1 is 0.500 bits per heavy atom. The first kappa shape index (κ1) is 21.4. The molecule has 0 radical (unpaired) electrons. The second-order valence-electron chi connectivity index (χ2n) is 8.04. The van der Waals surface area contributed by atoms with Crippen molar-refractivity contribution in [1.82, 2.24) is 0 Å². The Balaban J connectivity index is 1.47. The predicted octanol–water partition coefficient (Wildman–Crippen LogP) is 8.74. The van der Waals surface area contributed by atoms with E-state index in [9.17, 15) is 0 Å². The largest absolute Gasteiger partial charge is 0.497 e. The third-order valence-electron chi connectivity index (χ3n) is 5.74. The molecule has 0 N–H and O–H groups in total. The molecule has 0 amide bonds. The molecule has 2 heteroatoms. The van der Waals surface area contributed by atoms with Crippen molar-refractivity contribution in [2.45, 2.75) is 0 Å². The monoisotopic (exact) mass is 441 g/mol. The molecule has 5 rings (SSSR count). The zero-order valence-corrected chi connectivity index (χ0v) is 19.0. The molecule has 0 aliphatic rings. The van der Waals surface area contributed by atoms with Gasteiger partial charge in [-0.05, 0) is 53.1 Å². The summed E-state index contributed by atoms with van der Waals surface area (Å²) in [5, 5.41) is 0. The van der Waals surface area contributed by atoms with Crippen molar-refractivity contribution in [2.75, 3.05) is 7.11 Å². The highest BCUT2D eigenvalue weighted by Crippen LogP contribution is 2.33. The van der Waals surface area contributed by atoms with Crippen LogP contribution >= 0.6 is 0 Å². The van der Waals surface area contributed by atoms with Gasteiger partial charge in [0.2, 0.25) is 0 Å². The van der Waals surface area contributed by atoms with Gasteiger partial charge in [0, 0.05) is 5.56 Å². The summed E-state index contributed by atoms with van der Waals surface area (Å²) in [6, 6.07) is 41.3. The molecular formula is C32H25O2+. The lowest BCUT2D eigenvalue weighted by molar-refractivity contribution is 0.415. The van der Waals surface area contributed by atoms with Crippen molar-refractivity contribution in [2.24, 2.45) is 0 Å². The van der Waals surface area contributed by atoms with Crippen molar-refractivity contribution in [1.29, 1.82) is 0 Å². The maximum absolute atomic E-state index is 6.32. The minimum absolute atomic E-state index is 0.848. The maximum Gasteiger partial charge on any atom is 0.361 e. The highest BCUT2D eigenvalue weighted by Gasteiger charge is 2.20. The summed E-state index contributed by atoms with van der Waals surface area (Å²) in [5.74, 6) is 2.56. The number of benzene rings is 4. The van der Waals surface area contributed by atoms with Crippen LogP contribution in [0.2, 0.25) is 0 Å². The lowest BCUT2D eigenvalue weighted by Crippen LogP contribution is -1.86. The Kier molecular flexibility index (Phi) is 6.31. The molecule has 164 valence electrons. The smallest absolute Gasteiger partial charge is 0.361 e. The summed E-state index contributed by atoms with van der Waals surface area (Å²) in [6.45, 7) is 0. The van der Waals surface area contributed by atoms with E-state index in [1.54, 1.807) is 7.11 Å². The molecule has 1 heterocycles. The van der Waals surface area contributed by atoms with Gasteiger partial charge in [-0.1, -0.05) is 84.9 Å². The van der Waals surface area contributed by atoms with E-state index >= 15 is 0 Å². The first-order valence-electron chi connectivity index (χ1n) is 11.3. The SMILES string of the molecule is COc1ccc(C=Cc2ccc(-c3cc(-c4ccccc4)[o+]c(-c4ccccc4)c3)cc2)cc1. The van der Waals surface area contributed by atoms with Crippen LogP contribution in [0.5, 0.6) is 5.75 Å². The Morgan fingerprint density at radius 2 is 0.971 bits per heavy atom. The molecule has 0 spiro atoms. The Morgan fingerprint density at radius 3 is 1.44 bits per heavy atom. The standard InChI is InChI=1S/C32H25O2/c1-33-30-20-16-25(17-21-30)13-12-24-14-18-26(19-15-24)29-22-31(27-8-4-2-5-9-27)34-32(23-29)28-10-6-3-7-11-28/h2-23H,1H3/q+1. The first-order valence-corrected chi connectivity index (χ1v) is 11.3. The summed E-state index contributed by atoms with van der Waals surface area (Å²) in [6.07, 6.45) is 4.23. The van der Waals surface area contributed by atoms with E-state index in [1.165, 1.54) is 0 Å². The van der Waals surface area contributed by atoms with Gasteiger partial charge in [0.1, 0.15) is 5.75 Å². The van der Waals surface area contributed by atoms with Crippen LogP contribution in [0, 0.1) is 0 Å². The summed E-state index contributed by atoms with van der Waals surface area (Å²) in [7, 11) is 1.68. The Labute approximate surface area is 200 Å². The average molecular weight is 442 g/mol. The van der Waals surface area contributed by atoms with E-state index in [0.717, 1.165) is 50.7 Å². The van der Waals surface area contributed by atoms with Crippen molar-refractivity contribution in [3.05, 3.63) is 132 Å². The second kappa shape index (κ2) is 10.0. The van der Waals surface area contributed by atoms with Crippen LogP contribution in [0.1, 0.15) is 11.1 Å². The van der Waals surface area contributed by atoms with Gasteiger partial charge in [0.15, 0.2) is 0 Å². The van der Waals surface area contributed by atoms with Crippen molar-refractivity contribution < 1.29 is 9.15 Å². The van der Waals surface area contributed by atoms with Gasteiger partial charge in [0.25, 0.3) is 0 Å². The van der Waals surface area contributed by atoms with Crippen LogP contribution in [0.25, 0.3) is 45.9 Å². The molecule has 0 aliphatic carbocycles. The van der Waals surface area contributed by atoms with Crippen LogP contribution in [0.15, 0.2) is 126 Å². The highest BCUT2D eigenvalue weighted by molar-refractivity contribution is 5.76. The van der Waals surface area contributed by atoms with Crippen LogP contribution < -0.4 is 4.74 Å². The lowest BCUT2D eigenvalue weighted by Gasteiger charge is -2.03. The van der Waals surface area contributed by atoms with E-state index in [1.807, 2.05) is 60.7 Å². The molecule has 5 aromatic rings. The quantitative estimate of drug-likeness (QED) is 0.194. The fraction of sp³-hybridized carbons (Fsp3) is 0.0312. The van der Waals surface area contributed by atoms with E-state index < -0.39 is 0 Å². The summed E-state index contributed by atoms with van der Waals surface area (Å²) in [4.78, 5) is 0. The molecule has 1 aromatic heterocycles. The molecule has 0 atom stereocenters. The molecule has 0 saturated heterocycles. The van der Waals surface area contributed by atoms with E-state index in [2.05, 4.69) is 72.8 Å². The van der Waals surface area contributed by atoms with Crippen molar-refractivity contribution in [3.63, 3.8) is 0 Å². The molecule has 34 heavy (non-hydrogen) atoms. The molecule has 0 bridgehead atoms. The zero-order valence-electron chi connectivity index (χ0n) is 19.0. The minimum atomic E-state index is 0.848. The molecule has 0 unspecified atom stereocenters. The lowest BCUT2D eigenvalue weighted by atomic mass is 10.0. The molecule has 0 fully saturated rings. The third-order valence-corrected chi connectivity index (χ3v) is 5.74. The highest BCUT2D eigenvalue weighted by atomic mass is 16.5. The van der Waals surface area contributed by atoms with Gasteiger partial charge in [0.05, 0.1) is 30.4 Å². The van der Waals surface area contributed by atoms with Crippen LogP contribution in [-0.2, 0) is 0 Å². The van der Waals surface area contributed by atoms with Gasteiger partial charge in [-0.15, -0.1) is 0 Å². The second-order valence-corrected chi connectivity index (χ2v) is 8.04. The van der Waals surface area contributed by atoms with Gasteiger partial charge < -0.3 is 4.74 Å². The number of ether oxygens (including phenoxy) is 1.